The zero-order chi connectivity index (χ0) is 22.8. The minimum atomic E-state index is -0.173. The molecule has 0 aliphatic carbocycles. The van der Waals surface area contributed by atoms with Gasteiger partial charge in [-0.15, -0.1) is 5.10 Å². The number of nitrogens with zero attached hydrogens (tertiary/aromatic N) is 3. The van der Waals surface area contributed by atoms with Gasteiger partial charge in [0.1, 0.15) is 11.5 Å². The first-order valence-electron chi connectivity index (χ1n) is 10.4. The van der Waals surface area contributed by atoms with Crippen LogP contribution in [0.5, 0.6) is 0 Å². The predicted octanol–water partition coefficient (Wildman–Crippen LogP) is 5.62. The number of carbonyl (C=O) groups is 1. The second kappa shape index (κ2) is 8.80. The van der Waals surface area contributed by atoms with Crippen LogP contribution in [-0.2, 0) is 6.54 Å². The molecular formula is C25H20ClN5O2. The number of rotatable bonds is 6. The number of fused-ring (bicyclic) bond motifs is 1. The molecule has 0 saturated carbocycles. The van der Waals surface area contributed by atoms with E-state index < -0.39 is 0 Å². The summed E-state index contributed by atoms with van der Waals surface area (Å²) in [5.74, 6) is 1.81. The molecule has 2 aromatic carbocycles. The van der Waals surface area contributed by atoms with Crippen LogP contribution in [0.3, 0.4) is 0 Å². The van der Waals surface area contributed by atoms with Crippen LogP contribution >= 0.6 is 11.6 Å². The number of benzene rings is 2. The van der Waals surface area contributed by atoms with Crippen LogP contribution < -0.4 is 10.6 Å². The van der Waals surface area contributed by atoms with Gasteiger partial charge in [0.25, 0.3) is 5.91 Å². The number of halogens is 1. The molecule has 0 aliphatic heterocycles. The van der Waals surface area contributed by atoms with Gasteiger partial charge in [0.15, 0.2) is 5.65 Å². The molecular weight excluding hydrogens is 438 g/mol. The molecule has 0 bridgehead atoms. The number of nitrogens with one attached hydrogen (secondary N) is 2. The fraction of sp³-hybridized carbons (Fsp3) is 0.0800. The first kappa shape index (κ1) is 20.8. The third-order valence-electron chi connectivity index (χ3n) is 5.10. The molecule has 0 unspecified atom stereocenters. The van der Waals surface area contributed by atoms with E-state index in [1.165, 1.54) is 0 Å². The van der Waals surface area contributed by atoms with Crippen LogP contribution in [0.4, 0.5) is 11.6 Å². The molecule has 164 valence electrons. The van der Waals surface area contributed by atoms with Crippen molar-refractivity contribution in [3.05, 3.63) is 101 Å². The zero-order valence-corrected chi connectivity index (χ0v) is 18.5. The molecule has 0 radical (unpaired) electrons. The molecule has 5 rings (SSSR count). The van der Waals surface area contributed by atoms with Crippen molar-refractivity contribution >= 4 is 34.8 Å². The van der Waals surface area contributed by atoms with Gasteiger partial charge in [0.2, 0.25) is 5.95 Å². The highest BCUT2D eigenvalue weighted by Crippen LogP contribution is 2.24. The molecule has 33 heavy (non-hydrogen) atoms. The standard InChI is InChI=1S/C25H20ClN5O2/c1-16-8-13-21(33-16)15-27-24(32)17-9-11-20(12-10-17)28-25-29-23-7-3-6-22(31(23)30-25)18-4-2-5-19(26)14-18/h2-14H,15H2,1H3,(H,27,32)(H,28,30). The molecule has 2 N–H and O–H groups in total. The number of furan rings is 1. The molecule has 5 aromatic rings. The lowest BCUT2D eigenvalue weighted by Crippen LogP contribution is -2.22. The van der Waals surface area contributed by atoms with Gasteiger partial charge in [-0.1, -0.05) is 29.8 Å². The number of amides is 1. The van der Waals surface area contributed by atoms with Gasteiger partial charge in [-0.2, -0.15) is 4.98 Å². The van der Waals surface area contributed by atoms with Crippen LogP contribution in [0.15, 0.2) is 83.3 Å². The van der Waals surface area contributed by atoms with Crippen molar-refractivity contribution in [3.8, 4) is 11.3 Å². The van der Waals surface area contributed by atoms with Crippen molar-refractivity contribution in [1.29, 1.82) is 0 Å². The summed E-state index contributed by atoms with van der Waals surface area (Å²) in [5, 5.41) is 11.3. The number of carbonyl (C=O) groups excluding carboxylic acids is 1. The predicted molar refractivity (Wildman–Crippen MR) is 128 cm³/mol. The van der Waals surface area contributed by atoms with Crippen molar-refractivity contribution in [3.63, 3.8) is 0 Å². The Balaban J connectivity index is 1.30. The summed E-state index contributed by atoms with van der Waals surface area (Å²) in [4.78, 5) is 17.0. The van der Waals surface area contributed by atoms with E-state index in [1.807, 2.05) is 73.7 Å². The first-order chi connectivity index (χ1) is 16.0. The van der Waals surface area contributed by atoms with E-state index in [-0.39, 0.29) is 5.91 Å². The van der Waals surface area contributed by atoms with Gasteiger partial charge in [-0.3, -0.25) is 4.79 Å². The van der Waals surface area contributed by atoms with E-state index in [0.29, 0.717) is 34.5 Å². The van der Waals surface area contributed by atoms with E-state index in [4.69, 9.17) is 16.0 Å². The number of hydrogen-bond donors (Lipinski definition) is 2. The van der Waals surface area contributed by atoms with E-state index in [9.17, 15) is 4.79 Å². The summed E-state index contributed by atoms with van der Waals surface area (Å²) in [6.07, 6.45) is 0. The van der Waals surface area contributed by atoms with Crippen molar-refractivity contribution in [1.82, 2.24) is 19.9 Å². The van der Waals surface area contributed by atoms with Gasteiger partial charge in [-0.25, -0.2) is 4.52 Å². The number of aryl methyl sites for hydroxylation is 1. The van der Waals surface area contributed by atoms with Crippen LogP contribution in [0, 0.1) is 6.92 Å². The summed E-state index contributed by atoms with van der Waals surface area (Å²) in [6, 6.07) is 24.2. The highest BCUT2D eigenvalue weighted by molar-refractivity contribution is 6.30. The average Bonchev–Trinajstić information content (AvgIpc) is 3.43. The molecule has 0 saturated heterocycles. The Morgan fingerprint density at radius 2 is 1.85 bits per heavy atom. The van der Waals surface area contributed by atoms with Gasteiger partial charge in [-0.05, 0) is 67.6 Å². The Hall–Kier alpha value is -4.10. The zero-order valence-electron chi connectivity index (χ0n) is 17.7. The van der Waals surface area contributed by atoms with Crippen LogP contribution in [0.1, 0.15) is 21.9 Å². The average molecular weight is 458 g/mol. The maximum Gasteiger partial charge on any atom is 0.251 e. The first-order valence-corrected chi connectivity index (χ1v) is 10.8. The number of hydrogen-bond acceptors (Lipinski definition) is 5. The monoisotopic (exact) mass is 457 g/mol. The second-order valence-corrected chi connectivity index (χ2v) is 7.96. The maximum atomic E-state index is 12.4. The molecule has 3 heterocycles. The minimum absolute atomic E-state index is 0.173. The number of anilines is 2. The molecule has 0 fully saturated rings. The lowest BCUT2D eigenvalue weighted by atomic mass is 10.1. The van der Waals surface area contributed by atoms with E-state index in [1.54, 1.807) is 16.6 Å². The summed E-state index contributed by atoms with van der Waals surface area (Å²) < 4.78 is 7.25. The SMILES string of the molecule is Cc1ccc(CNC(=O)c2ccc(Nc3nc4cccc(-c5cccc(Cl)c5)n4n3)cc2)o1. The van der Waals surface area contributed by atoms with Crippen molar-refractivity contribution in [2.75, 3.05) is 5.32 Å². The van der Waals surface area contributed by atoms with E-state index in [0.717, 1.165) is 22.7 Å². The van der Waals surface area contributed by atoms with Gasteiger partial charge in [0.05, 0.1) is 12.2 Å². The maximum absolute atomic E-state index is 12.4. The third-order valence-corrected chi connectivity index (χ3v) is 5.34. The van der Waals surface area contributed by atoms with Gasteiger partial charge < -0.3 is 15.1 Å². The van der Waals surface area contributed by atoms with Crippen LogP contribution in [0.25, 0.3) is 16.9 Å². The highest BCUT2D eigenvalue weighted by Gasteiger charge is 2.11. The Kier molecular flexibility index (Phi) is 5.54. The lowest BCUT2D eigenvalue weighted by Gasteiger charge is -2.06. The summed E-state index contributed by atoms with van der Waals surface area (Å²) >= 11 is 6.15. The largest absolute Gasteiger partial charge is 0.465 e. The molecule has 8 heteroatoms. The third kappa shape index (κ3) is 4.58. The van der Waals surface area contributed by atoms with E-state index in [2.05, 4.69) is 20.7 Å². The fourth-order valence-electron chi connectivity index (χ4n) is 3.51. The van der Waals surface area contributed by atoms with E-state index >= 15 is 0 Å². The molecule has 3 aromatic heterocycles. The lowest BCUT2D eigenvalue weighted by molar-refractivity contribution is 0.0948. The number of pyridine rings is 1. The Morgan fingerprint density at radius 1 is 1.03 bits per heavy atom. The molecule has 0 aliphatic rings. The smallest absolute Gasteiger partial charge is 0.251 e. The van der Waals surface area contributed by atoms with Crippen LogP contribution in [0.2, 0.25) is 5.02 Å². The minimum Gasteiger partial charge on any atom is -0.465 e. The Labute approximate surface area is 195 Å². The number of aromatic nitrogens is 3. The fourth-order valence-corrected chi connectivity index (χ4v) is 3.70. The van der Waals surface area contributed by atoms with Crippen molar-refractivity contribution in [2.45, 2.75) is 13.5 Å². The normalized spacial score (nSPS) is 11.0. The summed E-state index contributed by atoms with van der Waals surface area (Å²) in [6.45, 7) is 2.21. The molecule has 1 amide bonds. The van der Waals surface area contributed by atoms with Crippen LogP contribution in [-0.4, -0.2) is 20.5 Å². The molecule has 0 atom stereocenters. The Morgan fingerprint density at radius 3 is 2.61 bits per heavy atom. The molecule has 0 spiro atoms. The topological polar surface area (TPSA) is 84.5 Å². The quantitative estimate of drug-likeness (QED) is 0.345. The van der Waals surface area contributed by atoms with Gasteiger partial charge in [0, 0.05) is 21.8 Å². The van der Waals surface area contributed by atoms with Gasteiger partial charge >= 0.3 is 0 Å². The van der Waals surface area contributed by atoms with Crippen molar-refractivity contribution < 1.29 is 9.21 Å². The Bertz CT molecular complexity index is 1440. The molecule has 7 nitrogen and oxygen atoms in total. The summed E-state index contributed by atoms with van der Waals surface area (Å²) in [7, 11) is 0. The summed E-state index contributed by atoms with van der Waals surface area (Å²) in [5.41, 5.74) is 3.86. The second-order valence-electron chi connectivity index (χ2n) is 7.52. The van der Waals surface area contributed by atoms with Crippen molar-refractivity contribution in [2.24, 2.45) is 0 Å². The highest BCUT2D eigenvalue weighted by atomic mass is 35.5.